The van der Waals surface area contributed by atoms with Crippen molar-refractivity contribution in [3.05, 3.63) is 40.5 Å². The molecule has 2 aromatic rings. The number of hydrogen-bond donors (Lipinski definition) is 0. The second-order valence-electron chi connectivity index (χ2n) is 6.83. The van der Waals surface area contributed by atoms with Crippen molar-refractivity contribution in [1.29, 1.82) is 0 Å². The number of hydrogen-bond acceptors (Lipinski definition) is 6. The van der Waals surface area contributed by atoms with Gasteiger partial charge in [-0.3, -0.25) is 4.79 Å². The summed E-state index contributed by atoms with van der Waals surface area (Å²) in [4.78, 5) is 19.5. The van der Waals surface area contributed by atoms with Crippen LogP contribution in [0.25, 0.3) is 0 Å². The summed E-state index contributed by atoms with van der Waals surface area (Å²) >= 11 is 6.10. The molecule has 146 valence electrons. The average Bonchev–Trinajstić information content (AvgIpc) is 3.13. The van der Waals surface area contributed by atoms with Crippen LogP contribution in [-0.2, 0) is 10.2 Å². The van der Waals surface area contributed by atoms with Crippen LogP contribution < -0.4 is 4.74 Å². The molecule has 1 fully saturated rings. The van der Waals surface area contributed by atoms with E-state index in [2.05, 4.69) is 10.1 Å². The molecule has 3 rings (SSSR count). The molecule has 1 aromatic heterocycles. The molecule has 1 aromatic carbocycles. The monoisotopic (exact) mass is 393 g/mol. The van der Waals surface area contributed by atoms with Gasteiger partial charge in [-0.05, 0) is 37.5 Å². The fourth-order valence-electron chi connectivity index (χ4n) is 3.63. The first kappa shape index (κ1) is 19.6. The van der Waals surface area contributed by atoms with Crippen LogP contribution in [0.15, 0.2) is 22.7 Å². The van der Waals surface area contributed by atoms with Gasteiger partial charge in [-0.15, -0.1) is 0 Å². The molecule has 8 heteroatoms. The van der Waals surface area contributed by atoms with E-state index >= 15 is 0 Å². The number of carbonyl (C=O) groups excluding carboxylic acids is 1. The highest BCUT2D eigenvalue weighted by Crippen LogP contribution is 2.37. The molecule has 27 heavy (non-hydrogen) atoms. The highest BCUT2D eigenvalue weighted by atomic mass is 35.5. The van der Waals surface area contributed by atoms with Crippen molar-refractivity contribution in [1.82, 2.24) is 15.0 Å². The van der Waals surface area contributed by atoms with Crippen LogP contribution in [0, 0.1) is 6.92 Å². The van der Waals surface area contributed by atoms with Gasteiger partial charge in [-0.25, -0.2) is 0 Å². The SMILES string of the molecule is COCCC1(c2noc(C)n2)CCCN(C(=O)c2cc(Cl)ccc2OC)C1. The number of methoxy groups -OCH3 is 2. The minimum Gasteiger partial charge on any atom is -0.496 e. The Morgan fingerprint density at radius 1 is 1.41 bits per heavy atom. The van der Waals surface area contributed by atoms with Crippen LogP contribution in [-0.4, -0.2) is 54.9 Å². The number of likely N-dealkylation sites (tertiary alicyclic amines) is 1. The van der Waals surface area contributed by atoms with Gasteiger partial charge in [0.1, 0.15) is 5.75 Å². The minimum absolute atomic E-state index is 0.115. The molecule has 0 N–H and O–H groups in total. The summed E-state index contributed by atoms with van der Waals surface area (Å²) in [5, 5.41) is 4.65. The first-order valence-electron chi connectivity index (χ1n) is 8.91. The van der Waals surface area contributed by atoms with Gasteiger partial charge in [0, 0.05) is 38.8 Å². The first-order chi connectivity index (χ1) is 13.0. The number of benzene rings is 1. The molecule has 0 spiro atoms. The van der Waals surface area contributed by atoms with E-state index in [4.69, 9.17) is 25.6 Å². The first-order valence-corrected chi connectivity index (χ1v) is 9.29. The van der Waals surface area contributed by atoms with E-state index in [0.717, 1.165) is 12.8 Å². The zero-order valence-electron chi connectivity index (χ0n) is 15.8. The Balaban J connectivity index is 1.91. The summed E-state index contributed by atoms with van der Waals surface area (Å²) < 4.78 is 15.9. The van der Waals surface area contributed by atoms with Crippen LogP contribution in [0.4, 0.5) is 0 Å². The lowest BCUT2D eigenvalue weighted by molar-refractivity contribution is 0.0564. The van der Waals surface area contributed by atoms with Crippen LogP contribution in [0.3, 0.4) is 0 Å². The summed E-state index contributed by atoms with van der Waals surface area (Å²) in [5.41, 5.74) is 0.0601. The summed E-state index contributed by atoms with van der Waals surface area (Å²) in [5.74, 6) is 1.54. The lowest BCUT2D eigenvalue weighted by Gasteiger charge is -2.41. The molecule has 0 aliphatic carbocycles. The van der Waals surface area contributed by atoms with Gasteiger partial charge in [0.2, 0.25) is 5.89 Å². The Bertz CT molecular complexity index is 810. The highest BCUT2D eigenvalue weighted by molar-refractivity contribution is 6.31. The van der Waals surface area contributed by atoms with Gasteiger partial charge in [0.25, 0.3) is 5.91 Å². The van der Waals surface area contributed by atoms with Crippen LogP contribution in [0.2, 0.25) is 5.02 Å². The largest absolute Gasteiger partial charge is 0.496 e. The lowest BCUT2D eigenvalue weighted by atomic mass is 9.76. The Morgan fingerprint density at radius 3 is 2.89 bits per heavy atom. The maximum atomic E-state index is 13.2. The van der Waals surface area contributed by atoms with E-state index in [0.29, 0.717) is 54.2 Å². The fourth-order valence-corrected chi connectivity index (χ4v) is 3.81. The van der Waals surface area contributed by atoms with Crippen molar-refractivity contribution in [2.45, 2.75) is 31.6 Å². The third-order valence-corrected chi connectivity index (χ3v) is 5.28. The number of nitrogens with zero attached hydrogens (tertiary/aromatic N) is 3. The van der Waals surface area contributed by atoms with Crippen molar-refractivity contribution in [3.63, 3.8) is 0 Å². The second-order valence-corrected chi connectivity index (χ2v) is 7.27. The van der Waals surface area contributed by atoms with Gasteiger partial charge < -0.3 is 18.9 Å². The molecule has 2 heterocycles. The van der Waals surface area contributed by atoms with Crippen LogP contribution >= 0.6 is 11.6 Å². The quantitative estimate of drug-likeness (QED) is 0.749. The number of aromatic nitrogens is 2. The van der Waals surface area contributed by atoms with Gasteiger partial charge in [-0.1, -0.05) is 16.8 Å². The Hall–Kier alpha value is -2.12. The molecule has 7 nitrogen and oxygen atoms in total. The predicted octanol–water partition coefficient (Wildman–Crippen LogP) is 3.25. The number of aryl methyl sites for hydroxylation is 1. The van der Waals surface area contributed by atoms with E-state index in [1.807, 2.05) is 4.90 Å². The van der Waals surface area contributed by atoms with Crippen molar-refractivity contribution in [3.8, 4) is 5.75 Å². The number of ether oxygens (including phenoxy) is 2. The molecule has 1 unspecified atom stereocenters. The maximum absolute atomic E-state index is 13.2. The fraction of sp³-hybridized carbons (Fsp3) is 0.526. The Kier molecular flexibility index (Phi) is 6.01. The summed E-state index contributed by atoms with van der Waals surface area (Å²) in [6.07, 6.45) is 2.41. The zero-order chi connectivity index (χ0) is 19.4. The highest BCUT2D eigenvalue weighted by Gasteiger charge is 2.42. The van der Waals surface area contributed by atoms with E-state index < -0.39 is 5.41 Å². The third kappa shape index (κ3) is 4.09. The molecule has 0 saturated carbocycles. The number of rotatable bonds is 6. The van der Waals surface area contributed by atoms with Gasteiger partial charge in [-0.2, -0.15) is 4.98 Å². The van der Waals surface area contributed by atoms with E-state index in [1.54, 1.807) is 39.3 Å². The molecule has 1 amide bonds. The number of piperidine rings is 1. The van der Waals surface area contributed by atoms with Crippen LogP contribution in [0.1, 0.15) is 41.3 Å². The van der Waals surface area contributed by atoms with E-state index in [1.165, 1.54) is 0 Å². The lowest BCUT2D eigenvalue weighted by Crippen LogP contribution is -2.49. The molecule has 1 saturated heterocycles. The van der Waals surface area contributed by atoms with Gasteiger partial charge in [0.15, 0.2) is 5.82 Å². The molecule has 1 aliphatic heterocycles. The Labute approximate surface area is 163 Å². The summed E-state index contributed by atoms with van der Waals surface area (Å²) in [7, 11) is 3.21. The molecular formula is C19H24ClN3O4. The summed E-state index contributed by atoms with van der Waals surface area (Å²) in [6, 6.07) is 5.06. The summed E-state index contributed by atoms with van der Waals surface area (Å²) in [6.45, 7) is 3.46. The maximum Gasteiger partial charge on any atom is 0.257 e. The number of halogens is 1. The van der Waals surface area contributed by atoms with Gasteiger partial charge >= 0.3 is 0 Å². The molecule has 0 radical (unpaired) electrons. The normalized spacial score (nSPS) is 19.9. The smallest absolute Gasteiger partial charge is 0.257 e. The molecule has 0 bridgehead atoms. The van der Waals surface area contributed by atoms with Gasteiger partial charge in [0.05, 0.1) is 18.1 Å². The Morgan fingerprint density at radius 2 is 2.22 bits per heavy atom. The topological polar surface area (TPSA) is 77.7 Å². The average molecular weight is 394 g/mol. The molecule has 1 aliphatic rings. The van der Waals surface area contributed by atoms with Crippen molar-refractivity contribution >= 4 is 17.5 Å². The zero-order valence-corrected chi connectivity index (χ0v) is 16.6. The van der Waals surface area contributed by atoms with E-state index in [-0.39, 0.29) is 5.91 Å². The number of carbonyl (C=O) groups is 1. The minimum atomic E-state index is -0.395. The van der Waals surface area contributed by atoms with Crippen molar-refractivity contribution in [2.24, 2.45) is 0 Å². The second kappa shape index (κ2) is 8.27. The van der Waals surface area contributed by atoms with Crippen LogP contribution in [0.5, 0.6) is 5.75 Å². The van der Waals surface area contributed by atoms with E-state index in [9.17, 15) is 4.79 Å². The van der Waals surface area contributed by atoms with Crippen molar-refractivity contribution in [2.75, 3.05) is 33.9 Å². The number of amides is 1. The standard InChI is InChI=1S/C19H24ClN3O4/c1-13-21-18(22-27-13)19(8-10-25-2)7-4-9-23(12-19)17(24)15-11-14(20)5-6-16(15)26-3/h5-6,11H,4,7-10,12H2,1-3H3. The molecule has 1 atom stereocenters. The van der Waals surface area contributed by atoms with Crippen molar-refractivity contribution < 1.29 is 18.8 Å². The molecular weight excluding hydrogens is 370 g/mol. The third-order valence-electron chi connectivity index (χ3n) is 5.04. The predicted molar refractivity (Wildman–Crippen MR) is 100 cm³/mol.